The Morgan fingerprint density at radius 3 is 2.36 bits per heavy atom. The Labute approximate surface area is 85.8 Å². The fourth-order valence-electron chi connectivity index (χ4n) is 2.68. The van der Waals surface area contributed by atoms with Crippen molar-refractivity contribution < 1.29 is 4.79 Å². The van der Waals surface area contributed by atoms with Crippen LogP contribution in [0.25, 0.3) is 0 Å². The van der Waals surface area contributed by atoms with E-state index in [0.717, 1.165) is 5.92 Å². The monoisotopic (exact) mass is 196 g/mol. The molecule has 1 saturated heterocycles. The summed E-state index contributed by atoms with van der Waals surface area (Å²) in [6, 6.07) is 0.503. The van der Waals surface area contributed by atoms with Crippen LogP contribution < -0.4 is 5.32 Å². The van der Waals surface area contributed by atoms with Gasteiger partial charge >= 0.3 is 0 Å². The Kier molecular flexibility index (Phi) is 2.77. The highest BCUT2D eigenvalue weighted by Gasteiger charge is 2.34. The molecule has 14 heavy (non-hydrogen) atoms. The van der Waals surface area contributed by atoms with Crippen LogP contribution in [0.15, 0.2) is 0 Å². The smallest absolute Gasteiger partial charge is 0.238 e. The average Bonchev–Trinajstić information content (AvgIpc) is 2.49. The van der Waals surface area contributed by atoms with E-state index in [1.807, 2.05) is 0 Å². The SMILES string of the molecule is CC1CCC(N2C(=O)CNC2C)CC1. The molecule has 0 bridgehead atoms. The van der Waals surface area contributed by atoms with Crippen LogP contribution in [0.4, 0.5) is 0 Å². The number of nitrogens with zero attached hydrogens (tertiary/aromatic N) is 1. The summed E-state index contributed by atoms with van der Waals surface area (Å²) >= 11 is 0. The van der Waals surface area contributed by atoms with Crippen LogP contribution in [0.5, 0.6) is 0 Å². The Bertz CT molecular complexity index is 221. The molecule has 1 aliphatic heterocycles. The zero-order chi connectivity index (χ0) is 10.1. The van der Waals surface area contributed by atoms with E-state index in [4.69, 9.17) is 0 Å². The Morgan fingerprint density at radius 2 is 1.86 bits per heavy atom. The fourth-order valence-corrected chi connectivity index (χ4v) is 2.68. The zero-order valence-electron chi connectivity index (χ0n) is 9.12. The molecule has 1 unspecified atom stereocenters. The van der Waals surface area contributed by atoms with Crippen LogP contribution in [0.3, 0.4) is 0 Å². The summed E-state index contributed by atoms with van der Waals surface area (Å²) in [5.74, 6) is 1.14. The van der Waals surface area contributed by atoms with Gasteiger partial charge in [-0.05, 0) is 38.5 Å². The summed E-state index contributed by atoms with van der Waals surface area (Å²) < 4.78 is 0. The molecule has 3 heteroatoms. The standard InChI is InChI=1S/C11H20N2O/c1-8-3-5-10(6-4-8)13-9(2)12-7-11(13)14/h8-10,12H,3-7H2,1-2H3. The van der Waals surface area contributed by atoms with Gasteiger partial charge in [-0.15, -0.1) is 0 Å². The average molecular weight is 196 g/mol. The second kappa shape index (κ2) is 3.89. The van der Waals surface area contributed by atoms with Crippen molar-refractivity contribution in [3.8, 4) is 0 Å². The largest absolute Gasteiger partial charge is 0.323 e. The van der Waals surface area contributed by atoms with Crippen LogP contribution in [-0.4, -0.2) is 29.6 Å². The predicted molar refractivity (Wildman–Crippen MR) is 55.7 cm³/mol. The van der Waals surface area contributed by atoms with Crippen molar-refractivity contribution >= 4 is 5.91 Å². The second-order valence-electron chi connectivity index (χ2n) is 4.77. The van der Waals surface area contributed by atoms with Gasteiger partial charge in [0, 0.05) is 6.04 Å². The molecule has 2 aliphatic rings. The number of rotatable bonds is 1. The first-order chi connectivity index (χ1) is 6.68. The first-order valence-corrected chi connectivity index (χ1v) is 5.73. The Balaban J connectivity index is 1.97. The molecule has 1 aliphatic carbocycles. The third kappa shape index (κ3) is 1.78. The van der Waals surface area contributed by atoms with Gasteiger partial charge in [-0.1, -0.05) is 6.92 Å². The molecule has 0 spiro atoms. The molecule has 0 aromatic rings. The lowest BCUT2D eigenvalue weighted by Crippen LogP contribution is -2.44. The third-order valence-electron chi connectivity index (χ3n) is 3.63. The van der Waals surface area contributed by atoms with Crippen molar-refractivity contribution in [2.75, 3.05) is 6.54 Å². The van der Waals surface area contributed by atoms with E-state index in [1.165, 1.54) is 25.7 Å². The Morgan fingerprint density at radius 1 is 1.21 bits per heavy atom. The maximum Gasteiger partial charge on any atom is 0.238 e. The summed E-state index contributed by atoms with van der Waals surface area (Å²) in [4.78, 5) is 13.7. The highest BCUT2D eigenvalue weighted by atomic mass is 16.2. The molecular formula is C11H20N2O. The summed E-state index contributed by atoms with van der Waals surface area (Å²) in [6.45, 7) is 4.93. The van der Waals surface area contributed by atoms with Crippen molar-refractivity contribution in [1.29, 1.82) is 0 Å². The lowest BCUT2D eigenvalue weighted by Gasteiger charge is -2.35. The third-order valence-corrected chi connectivity index (χ3v) is 3.63. The molecule has 1 amide bonds. The van der Waals surface area contributed by atoms with Crippen molar-refractivity contribution in [3.05, 3.63) is 0 Å². The molecule has 80 valence electrons. The summed E-state index contributed by atoms with van der Waals surface area (Å²) in [7, 11) is 0. The molecule has 2 fully saturated rings. The molecule has 3 nitrogen and oxygen atoms in total. The van der Waals surface area contributed by atoms with Gasteiger partial charge < -0.3 is 4.90 Å². The number of hydrogen-bond donors (Lipinski definition) is 1. The second-order valence-corrected chi connectivity index (χ2v) is 4.77. The van der Waals surface area contributed by atoms with Crippen LogP contribution in [-0.2, 0) is 4.79 Å². The van der Waals surface area contributed by atoms with Gasteiger partial charge in [-0.3, -0.25) is 10.1 Å². The lowest BCUT2D eigenvalue weighted by molar-refractivity contribution is -0.130. The van der Waals surface area contributed by atoms with Crippen LogP contribution in [0.1, 0.15) is 39.5 Å². The van der Waals surface area contributed by atoms with Gasteiger partial charge in [-0.25, -0.2) is 0 Å². The van der Waals surface area contributed by atoms with Gasteiger partial charge in [0.15, 0.2) is 0 Å². The van der Waals surface area contributed by atoms with E-state index in [0.29, 0.717) is 12.6 Å². The number of nitrogens with one attached hydrogen (secondary N) is 1. The van der Waals surface area contributed by atoms with Crippen LogP contribution in [0.2, 0.25) is 0 Å². The van der Waals surface area contributed by atoms with Gasteiger partial charge in [0.25, 0.3) is 0 Å². The minimum Gasteiger partial charge on any atom is -0.323 e. The molecule has 1 N–H and O–H groups in total. The number of hydrogen-bond acceptors (Lipinski definition) is 2. The zero-order valence-corrected chi connectivity index (χ0v) is 9.12. The maximum atomic E-state index is 11.6. The summed E-state index contributed by atoms with van der Waals surface area (Å²) in [6.07, 6.45) is 5.20. The van der Waals surface area contributed by atoms with Crippen molar-refractivity contribution in [2.45, 2.75) is 51.7 Å². The highest BCUT2D eigenvalue weighted by Crippen LogP contribution is 2.28. The molecule has 2 rings (SSSR count). The van der Waals surface area contributed by atoms with E-state index in [9.17, 15) is 4.79 Å². The van der Waals surface area contributed by atoms with Gasteiger partial charge in [0.2, 0.25) is 5.91 Å². The molecule has 0 aromatic carbocycles. The summed E-state index contributed by atoms with van der Waals surface area (Å²) in [5, 5.41) is 3.20. The van der Waals surface area contributed by atoms with E-state index in [-0.39, 0.29) is 12.1 Å². The minimum absolute atomic E-state index is 0.251. The van der Waals surface area contributed by atoms with Crippen molar-refractivity contribution in [3.63, 3.8) is 0 Å². The Hall–Kier alpha value is -0.570. The highest BCUT2D eigenvalue weighted by molar-refractivity contribution is 5.80. The van der Waals surface area contributed by atoms with Gasteiger partial charge in [-0.2, -0.15) is 0 Å². The first-order valence-electron chi connectivity index (χ1n) is 5.73. The molecule has 0 aromatic heterocycles. The molecule has 1 saturated carbocycles. The van der Waals surface area contributed by atoms with E-state index in [1.54, 1.807) is 0 Å². The van der Waals surface area contributed by atoms with Gasteiger partial charge in [0.05, 0.1) is 12.7 Å². The van der Waals surface area contributed by atoms with E-state index >= 15 is 0 Å². The predicted octanol–water partition coefficient (Wildman–Crippen LogP) is 1.34. The minimum atomic E-state index is 0.251. The number of carbonyl (C=O) groups excluding carboxylic acids is 1. The van der Waals surface area contributed by atoms with Gasteiger partial charge in [0.1, 0.15) is 0 Å². The quantitative estimate of drug-likeness (QED) is 0.686. The van der Waals surface area contributed by atoms with E-state index in [2.05, 4.69) is 24.1 Å². The topological polar surface area (TPSA) is 32.3 Å². The fraction of sp³-hybridized carbons (Fsp3) is 0.909. The maximum absolute atomic E-state index is 11.6. The summed E-state index contributed by atoms with van der Waals surface area (Å²) in [5.41, 5.74) is 0. The van der Waals surface area contributed by atoms with Crippen molar-refractivity contribution in [1.82, 2.24) is 10.2 Å². The van der Waals surface area contributed by atoms with E-state index < -0.39 is 0 Å². The lowest BCUT2D eigenvalue weighted by atomic mass is 9.86. The normalized spacial score (nSPS) is 39.1. The number of carbonyl (C=O) groups is 1. The molecule has 1 atom stereocenters. The van der Waals surface area contributed by atoms with Crippen LogP contribution >= 0.6 is 0 Å². The van der Waals surface area contributed by atoms with Crippen molar-refractivity contribution in [2.24, 2.45) is 5.92 Å². The molecule has 0 radical (unpaired) electrons. The first kappa shape index (κ1) is 9.97. The molecule has 1 heterocycles. The number of amides is 1. The van der Waals surface area contributed by atoms with Crippen LogP contribution in [0, 0.1) is 5.92 Å². The molecular weight excluding hydrogens is 176 g/mol.